The molecule has 6 nitrogen and oxygen atoms in total. The number of nitrogens with one attached hydrogen (secondary N) is 2. The van der Waals surface area contributed by atoms with Crippen LogP contribution in [0.2, 0.25) is 5.02 Å². The van der Waals surface area contributed by atoms with Gasteiger partial charge in [-0.1, -0.05) is 18.5 Å². The van der Waals surface area contributed by atoms with Gasteiger partial charge in [-0.15, -0.1) is 11.8 Å². The maximum absolute atomic E-state index is 12.7. The van der Waals surface area contributed by atoms with E-state index in [9.17, 15) is 13.2 Å². The second-order valence-electron chi connectivity index (χ2n) is 7.05. The molecular weight excluding hydrogens is 480 g/mol. The topological polar surface area (TPSA) is 84.5 Å². The number of hydrogen-bond donors (Lipinski definition) is 2. The molecule has 0 heterocycles. The summed E-state index contributed by atoms with van der Waals surface area (Å²) < 4.78 is 33.3. The fourth-order valence-corrected chi connectivity index (χ4v) is 5.08. The van der Waals surface area contributed by atoms with Crippen molar-refractivity contribution in [2.24, 2.45) is 0 Å². The number of carbonyl (C=O) groups excluding carboxylic acids is 1. The van der Waals surface area contributed by atoms with Crippen LogP contribution in [0.3, 0.4) is 0 Å². The summed E-state index contributed by atoms with van der Waals surface area (Å²) in [4.78, 5) is 13.8. The van der Waals surface area contributed by atoms with Crippen LogP contribution in [0.5, 0.6) is 5.75 Å². The normalized spacial score (nSPS) is 12.1. The molecule has 1 amide bonds. The maximum Gasteiger partial charge on any atom is 0.261 e. The summed E-state index contributed by atoms with van der Waals surface area (Å²) in [6.07, 6.45) is 0.637. The van der Waals surface area contributed by atoms with E-state index in [-0.39, 0.29) is 16.1 Å². The predicted molar refractivity (Wildman–Crippen MR) is 135 cm³/mol. The van der Waals surface area contributed by atoms with Gasteiger partial charge in [-0.25, -0.2) is 8.42 Å². The van der Waals surface area contributed by atoms with Crippen molar-refractivity contribution in [3.05, 3.63) is 77.8 Å². The smallest absolute Gasteiger partial charge is 0.261 e. The Morgan fingerprint density at radius 2 is 1.55 bits per heavy atom. The van der Waals surface area contributed by atoms with Crippen molar-refractivity contribution >= 4 is 50.7 Å². The minimum Gasteiger partial charge on any atom is -0.494 e. The van der Waals surface area contributed by atoms with Gasteiger partial charge in [-0.2, -0.15) is 0 Å². The van der Waals surface area contributed by atoms with Crippen molar-refractivity contribution in [3.8, 4) is 5.75 Å². The average molecular weight is 505 g/mol. The zero-order valence-electron chi connectivity index (χ0n) is 18.2. The molecule has 174 valence electrons. The Labute approximate surface area is 203 Å². The van der Waals surface area contributed by atoms with Crippen molar-refractivity contribution in [1.29, 1.82) is 0 Å². The molecule has 3 rings (SSSR count). The lowest BCUT2D eigenvalue weighted by Gasteiger charge is -2.15. The molecule has 0 aromatic heterocycles. The molecule has 0 saturated heterocycles. The highest BCUT2D eigenvalue weighted by molar-refractivity contribution is 8.00. The van der Waals surface area contributed by atoms with Crippen LogP contribution in [-0.4, -0.2) is 26.2 Å². The van der Waals surface area contributed by atoms with Crippen LogP contribution >= 0.6 is 23.4 Å². The lowest BCUT2D eigenvalue weighted by Crippen LogP contribution is -2.24. The van der Waals surface area contributed by atoms with Gasteiger partial charge in [0, 0.05) is 21.3 Å². The number of halogens is 1. The van der Waals surface area contributed by atoms with E-state index in [0.29, 0.717) is 35.2 Å². The monoisotopic (exact) mass is 504 g/mol. The standard InChI is InChI=1S/C24H25ClN2O4S2/c1-3-23(32-21-13-5-17(25)6-14-21)24(28)26-18-9-15-22(16-10-18)33(29,30)27-19-7-11-20(12-8-19)31-4-2/h5-16,23,27H,3-4H2,1-2H3,(H,26,28)/t23-/m0/s1. The minimum atomic E-state index is -3.77. The Balaban J connectivity index is 1.63. The Kier molecular flexibility index (Phi) is 8.66. The predicted octanol–water partition coefficient (Wildman–Crippen LogP) is 6.05. The molecule has 0 aliphatic rings. The Hall–Kier alpha value is -2.68. The zero-order valence-corrected chi connectivity index (χ0v) is 20.6. The van der Waals surface area contributed by atoms with Crippen molar-refractivity contribution in [3.63, 3.8) is 0 Å². The van der Waals surface area contributed by atoms with E-state index in [1.54, 1.807) is 48.5 Å². The number of sulfonamides is 1. The molecule has 1 atom stereocenters. The summed E-state index contributed by atoms with van der Waals surface area (Å²) in [5, 5.41) is 3.20. The first kappa shape index (κ1) is 25.0. The molecule has 2 N–H and O–H groups in total. The molecule has 3 aromatic rings. The lowest BCUT2D eigenvalue weighted by atomic mass is 10.3. The van der Waals surface area contributed by atoms with Gasteiger partial charge in [0.05, 0.1) is 16.8 Å². The molecule has 0 saturated carbocycles. The zero-order chi connectivity index (χ0) is 23.8. The quantitative estimate of drug-likeness (QED) is 0.328. The average Bonchev–Trinajstić information content (AvgIpc) is 2.80. The molecular formula is C24H25ClN2O4S2. The van der Waals surface area contributed by atoms with E-state index >= 15 is 0 Å². The first-order chi connectivity index (χ1) is 15.8. The van der Waals surface area contributed by atoms with Gasteiger partial charge in [0.25, 0.3) is 10.0 Å². The third kappa shape index (κ3) is 7.15. The van der Waals surface area contributed by atoms with Gasteiger partial charge < -0.3 is 10.1 Å². The first-order valence-corrected chi connectivity index (χ1v) is 13.1. The van der Waals surface area contributed by atoms with E-state index in [2.05, 4.69) is 10.0 Å². The fourth-order valence-electron chi connectivity index (χ4n) is 2.94. The molecule has 0 spiro atoms. The number of thioether (sulfide) groups is 1. The number of ether oxygens (including phenoxy) is 1. The molecule has 0 radical (unpaired) electrons. The van der Waals surface area contributed by atoms with Crippen LogP contribution in [-0.2, 0) is 14.8 Å². The van der Waals surface area contributed by atoms with Gasteiger partial charge >= 0.3 is 0 Å². The third-order valence-electron chi connectivity index (χ3n) is 4.60. The number of amides is 1. The van der Waals surface area contributed by atoms with Crippen LogP contribution in [0.15, 0.2) is 82.6 Å². The molecule has 0 bridgehead atoms. The minimum absolute atomic E-state index is 0.0944. The Bertz CT molecular complexity index is 1170. The van der Waals surface area contributed by atoms with E-state index < -0.39 is 10.0 Å². The van der Waals surface area contributed by atoms with Gasteiger partial charge in [0.15, 0.2) is 0 Å². The lowest BCUT2D eigenvalue weighted by molar-refractivity contribution is -0.115. The molecule has 0 unspecified atom stereocenters. The summed E-state index contributed by atoms with van der Waals surface area (Å²) in [5.41, 5.74) is 0.955. The van der Waals surface area contributed by atoms with Gasteiger partial charge in [-0.05, 0) is 86.1 Å². The third-order valence-corrected chi connectivity index (χ3v) is 7.63. The maximum atomic E-state index is 12.7. The Morgan fingerprint density at radius 1 is 0.939 bits per heavy atom. The molecule has 0 aliphatic carbocycles. The fraction of sp³-hybridized carbons (Fsp3) is 0.208. The summed E-state index contributed by atoms with van der Waals surface area (Å²) in [6, 6.07) is 20.1. The highest BCUT2D eigenvalue weighted by Crippen LogP contribution is 2.28. The second kappa shape index (κ2) is 11.4. The van der Waals surface area contributed by atoms with Crippen molar-refractivity contribution in [1.82, 2.24) is 0 Å². The first-order valence-electron chi connectivity index (χ1n) is 10.4. The summed E-state index contributed by atoms with van der Waals surface area (Å²) in [5.74, 6) is 0.515. The largest absolute Gasteiger partial charge is 0.494 e. The highest BCUT2D eigenvalue weighted by atomic mass is 35.5. The molecule has 9 heteroatoms. The van der Waals surface area contributed by atoms with Gasteiger partial charge in [0.1, 0.15) is 5.75 Å². The van der Waals surface area contributed by atoms with Crippen molar-refractivity contribution in [2.45, 2.75) is 35.3 Å². The number of carbonyl (C=O) groups is 1. The van der Waals surface area contributed by atoms with Crippen molar-refractivity contribution < 1.29 is 17.9 Å². The van der Waals surface area contributed by atoms with Crippen LogP contribution in [0.1, 0.15) is 20.3 Å². The van der Waals surface area contributed by atoms with Crippen LogP contribution in [0.25, 0.3) is 0 Å². The van der Waals surface area contributed by atoms with Crippen LogP contribution < -0.4 is 14.8 Å². The van der Waals surface area contributed by atoms with Crippen LogP contribution in [0, 0.1) is 0 Å². The van der Waals surface area contributed by atoms with E-state index in [1.165, 1.54) is 23.9 Å². The number of hydrogen-bond acceptors (Lipinski definition) is 5. The molecule has 0 fully saturated rings. The summed E-state index contributed by atoms with van der Waals surface area (Å²) in [6.45, 7) is 4.35. The summed E-state index contributed by atoms with van der Waals surface area (Å²) in [7, 11) is -3.77. The molecule has 33 heavy (non-hydrogen) atoms. The van der Waals surface area contributed by atoms with E-state index in [0.717, 1.165) is 4.90 Å². The van der Waals surface area contributed by atoms with Crippen molar-refractivity contribution in [2.75, 3.05) is 16.6 Å². The Morgan fingerprint density at radius 3 is 2.12 bits per heavy atom. The SMILES string of the molecule is CCOc1ccc(NS(=O)(=O)c2ccc(NC(=O)[C@H](CC)Sc3ccc(Cl)cc3)cc2)cc1. The van der Waals surface area contributed by atoms with Crippen LogP contribution in [0.4, 0.5) is 11.4 Å². The number of rotatable bonds is 10. The molecule has 3 aromatic carbocycles. The van der Waals surface area contributed by atoms with Gasteiger partial charge in [0.2, 0.25) is 5.91 Å². The molecule has 0 aliphatic heterocycles. The highest BCUT2D eigenvalue weighted by Gasteiger charge is 2.19. The number of benzene rings is 3. The summed E-state index contributed by atoms with van der Waals surface area (Å²) >= 11 is 7.37. The second-order valence-corrected chi connectivity index (χ2v) is 10.4. The van der Waals surface area contributed by atoms with E-state index in [1.807, 2.05) is 26.0 Å². The van der Waals surface area contributed by atoms with E-state index in [4.69, 9.17) is 16.3 Å². The van der Waals surface area contributed by atoms with Gasteiger partial charge in [-0.3, -0.25) is 9.52 Å². The number of anilines is 2.